The Morgan fingerprint density at radius 3 is 2.32 bits per heavy atom. The molecule has 0 atom stereocenters. The lowest BCUT2D eigenvalue weighted by Gasteiger charge is -2.01. The molecule has 0 unspecified atom stereocenters. The van der Waals surface area contributed by atoms with E-state index >= 15 is 0 Å². The Bertz CT molecular complexity index is 1270. The van der Waals surface area contributed by atoms with Crippen molar-refractivity contribution in [2.75, 3.05) is 0 Å². The highest BCUT2D eigenvalue weighted by molar-refractivity contribution is 9.10. The Kier molecular flexibility index (Phi) is 4.59. The summed E-state index contributed by atoms with van der Waals surface area (Å²) in [5.41, 5.74) is 2.47. The zero-order valence-corrected chi connectivity index (χ0v) is 18.1. The van der Waals surface area contributed by atoms with E-state index in [2.05, 4.69) is 26.2 Å². The monoisotopic (exact) mass is 486 g/mol. The van der Waals surface area contributed by atoms with Crippen LogP contribution in [0.2, 0.25) is 0 Å². The van der Waals surface area contributed by atoms with Crippen LogP contribution in [0.5, 0.6) is 5.88 Å². The lowest BCUT2D eigenvalue weighted by molar-refractivity contribution is 0.451. The van der Waals surface area contributed by atoms with Crippen LogP contribution < -0.4 is 0 Å². The van der Waals surface area contributed by atoms with Crippen molar-refractivity contribution < 1.29 is 5.11 Å². The number of rotatable bonds is 4. The van der Waals surface area contributed by atoms with Crippen LogP contribution >= 0.6 is 49.9 Å². The summed E-state index contributed by atoms with van der Waals surface area (Å²) in [5, 5.41) is 23.8. The molecule has 5 rings (SSSR count). The van der Waals surface area contributed by atoms with Crippen molar-refractivity contribution in [3.8, 4) is 27.0 Å². The minimum absolute atomic E-state index is 0.0552. The van der Waals surface area contributed by atoms with E-state index in [9.17, 15) is 5.11 Å². The number of nitrogens with zero attached hydrogens (tertiary/aromatic N) is 4. The molecule has 5 nitrogen and oxygen atoms in total. The summed E-state index contributed by atoms with van der Waals surface area (Å²) in [7, 11) is 0. The zero-order chi connectivity index (χ0) is 19.1. The molecular weight excluding hydrogens is 476 g/mol. The average molecular weight is 487 g/mol. The summed E-state index contributed by atoms with van der Waals surface area (Å²) in [6, 6.07) is 15.6. The predicted molar refractivity (Wildman–Crippen MR) is 120 cm³/mol. The van der Waals surface area contributed by atoms with E-state index in [1.54, 1.807) is 27.1 Å². The van der Waals surface area contributed by atoms with Crippen LogP contribution in [0.25, 0.3) is 26.1 Å². The van der Waals surface area contributed by atoms with Crippen molar-refractivity contribution >= 4 is 65.6 Å². The molecule has 4 aromatic heterocycles. The van der Waals surface area contributed by atoms with E-state index in [1.807, 2.05) is 59.3 Å². The van der Waals surface area contributed by atoms with Gasteiger partial charge in [-0.25, -0.2) is 4.98 Å². The summed E-state index contributed by atoms with van der Waals surface area (Å²) < 4.78 is 2.74. The summed E-state index contributed by atoms with van der Waals surface area (Å²) in [4.78, 5) is 7.59. The third kappa shape index (κ3) is 3.10. The van der Waals surface area contributed by atoms with Gasteiger partial charge in [0.25, 0.3) is 0 Å². The van der Waals surface area contributed by atoms with Gasteiger partial charge in [0, 0.05) is 4.47 Å². The molecular formula is C19H11BrN4OS3. The molecule has 0 fully saturated rings. The van der Waals surface area contributed by atoms with E-state index in [1.165, 1.54) is 11.3 Å². The molecule has 1 N–H and O–H groups in total. The van der Waals surface area contributed by atoms with Crippen LogP contribution in [0.1, 0.15) is 0 Å². The normalized spacial score (nSPS) is 11.8. The van der Waals surface area contributed by atoms with Crippen molar-refractivity contribution in [2.24, 2.45) is 10.2 Å². The maximum absolute atomic E-state index is 10.9. The van der Waals surface area contributed by atoms with Crippen molar-refractivity contribution in [2.45, 2.75) is 0 Å². The molecule has 28 heavy (non-hydrogen) atoms. The van der Waals surface area contributed by atoms with Gasteiger partial charge in [0.1, 0.15) is 5.69 Å². The second kappa shape index (κ2) is 7.25. The molecule has 0 aliphatic heterocycles. The van der Waals surface area contributed by atoms with Gasteiger partial charge in [0.05, 0.1) is 21.1 Å². The Labute approximate surface area is 180 Å². The van der Waals surface area contributed by atoms with Crippen molar-refractivity contribution in [3.63, 3.8) is 0 Å². The SMILES string of the molecule is Oc1c(N=Nc2ccc(Br)cc2)sc2nc(-c3cccs3)c(-c3cccs3)n12. The van der Waals surface area contributed by atoms with Crippen molar-refractivity contribution in [1.29, 1.82) is 0 Å². The lowest BCUT2D eigenvalue weighted by atomic mass is 10.2. The molecule has 0 bridgehead atoms. The van der Waals surface area contributed by atoms with Gasteiger partial charge in [0.15, 0.2) is 4.96 Å². The number of imidazole rings is 1. The number of hydrogen-bond acceptors (Lipinski definition) is 7. The zero-order valence-electron chi connectivity index (χ0n) is 14.1. The minimum atomic E-state index is 0.0552. The van der Waals surface area contributed by atoms with Crippen molar-refractivity contribution in [1.82, 2.24) is 9.38 Å². The molecule has 0 aliphatic rings. The molecule has 0 aliphatic carbocycles. The number of aromatic hydroxyl groups is 1. The highest BCUT2D eigenvalue weighted by atomic mass is 79.9. The van der Waals surface area contributed by atoms with Gasteiger partial charge >= 0.3 is 0 Å². The van der Waals surface area contributed by atoms with Crippen LogP contribution in [0.3, 0.4) is 0 Å². The lowest BCUT2D eigenvalue weighted by Crippen LogP contribution is -1.84. The molecule has 1 aromatic carbocycles. The fourth-order valence-electron chi connectivity index (χ4n) is 2.79. The average Bonchev–Trinajstić information content (AvgIpc) is 3.47. The summed E-state index contributed by atoms with van der Waals surface area (Å²) in [6.45, 7) is 0. The van der Waals surface area contributed by atoms with E-state index < -0.39 is 0 Å². The van der Waals surface area contributed by atoms with Crippen LogP contribution in [-0.4, -0.2) is 14.5 Å². The van der Waals surface area contributed by atoms with E-state index in [0.717, 1.165) is 25.6 Å². The van der Waals surface area contributed by atoms with Crippen LogP contribution in [-0.2, 0) is 0 Å². The Morgan fingerprint density at radius 2 is 1.64 bits per heavy atom. The molecule has 138 valence electrons. The number of thiophene rings is 2. The third-order valence-electron chi connectivity index (χ3n) is 4.03. The number of fused-ring (bicyclic) bond motifs is 1. The molecule has 5 aromatic rings. The minimum Gasteiger partial charge on any atom is -0.492 e. The number of halogens is 1. The maximum atomic E-state index is 10.9. The standard InChI is InChI=1S/C19H11BrN4OS3/c20-11-5-7-12(8-6-11)22-23-17-18(25)24-16(14-4-2-10-27-14)15(21-19(24)28-17)13-3-1-9-26-13/h1-10,25H. The first-order chi connectivity index (χ1) is 13.7. The Morgan fingerprint density at radius 1 is 0.929 bits per heavy atom. The quantitative estimate of drug-likeness (QED) is 0.264. The van der Waals surface area contributed by atoms with Crippen LogP contribution in [0.15, 0.2) is 74.0 Å². The summed E-state index contributed by atoms with van der Waals surface area (Å²) in [5.74, 6) is 0.0552. The smallest absolute Gasteiger partial charge is 0.237 e. The van der Waals surface area contributed by atoms with Gasteiger partial charge in [-0.1, -0.05) is 39.4 Å². The fourth-order valence-corrected chi connectivity index (χ4v) is 5.38. The van der Waals surface area contributed by atoms with Gasteiger partial charge in [0.2, 0.25) is 10.9 Å². The molecule has 0 radical (unpaired) electrons. The van der Waals surface area contributed by atoms with E-state index in [4.69, 9.17) is 4.98 Å². The van der Waals surface area contributed by atoms with E-state index in [0.29, 0.717) is 15.6 Å². The first kappa shape index (κ1) is 17.7. The van der Waals surface area contributed by atoms with Gasteiger partial charge in [-0.15, -0.1) is 32.9 Å². The molecule has 0 saturated carbocycles. The highest BCUT2D eigenvalue weighted by Crippen LogP contribution is 2.45. The van der Waals surface area contributed by atoms with Crippen molar-refractivity contribution in [3.05, 3.63) is 63.8 Å². The molecule has 4 heterocycles. The maximum Gasteiger partial charge on any atom is 0.237 e. The van der Waals surface area contributed by atoms with Gasteiger partial charge in [-0.05, 0) is 47.2 Å². The molecule has 0 spiro atoms. The summed E-state index contributed by atoms with van der Waals surface area (Å²) in [6.07, 6.45) is 0. The van der Waals surface area contributed by atoms with Crippen LogP contribution in [0.4, 0.5) is 10.7 Å². The van der Waals surface area contributed by atoms with Crippen LogP contribution in [0, 0.1) is 0 Å². The molecule has 9 heteroatoms. The largest absolute Gasteiger partial charge is 0.492 e. The third-order valence-corrected chi connectivity index (χ3v) is 7.23. The number of aromatic nitrogens is 2. The number of hydrogen-bond donors (Lipinski definition) is 1. The molecule has 0 saturated heterocycles. The van der Waals surface area contributed by atoms with Gasteiger partial charge < -0.3 is 5.11 Å². The molecule has 0 amide bonds. The first-order valence-electron chi connectivity index (χ1n) is 8.20. The number of thiazole rings is 1. The summed E-state index contributed by atoms with van der Waals surface area (Å²) >= 11 is 7.96. The first-order valence-corrected chi connectivity index (χ1v) is 11.6. The van der Waals surface area contributed by atoms with E-state index in [-0.39, 0.29) is 5.88 Å². The van der Waals surface area contributed by atoms with Gasteiger partial charge in [-0.3, -0.25) is 4.40 Å². The topological polar surface area (TPSA) is 62.2 Å². The highest BCUT2D eigenvalue weighted by Gasteiger charge is 2.23. The fraction of sp³-hybridized carbons (Fsp3) is 0. The second-order valence-corrected chi connectivity index (χ2v) is 9.56. The Hall–Kier alpha value is -2.33. The second-order valence-electron chi connectivity index (χ2n) is 5.79. The number of azo groups is 1. The van der Waals surface area contributed by atoms with Gasteiger partial charge in [-0.2, -0.15) is 0 Å². The predicted octanol–water partition coefficient (Wildman–Crippen LogP) is 7.74. The Balaban J connectivity index is 1.65. The number of benzene rings is 1.